The van der Waals surface area contributed by atoms with Gasteiger partial charge in [-0.15, -0.1) is 11.3 Å². The van der Waals surface area contributed by atoms with Gasteiger partial charge in [0.15, 0.2) is 0 Å². The van der Waals surface area contributed by atoms with E-state index in [2.05, 4.69) is 45.1 Å². The second-order valence-corrected chi connectivity index (χ2v) is 7.58. The zero-order valence-corrected chi connectivity index (χ0v) is 13.7. The lowest BCUT2D eigenvalue weighted by atomic mass is 9.95. The average Bonchev–Trinajstić information content (AvgIpc) is 3.04. The molecule has 2 nitrogen and oxygen atoms in total. The quantitative estimate of drug-likeness (QED) is 0.831. The van der Waals surface area contributed by atoms with Crippen LogP contribution in [-0.2, 0) is 18.4 Å². The molecule has 2 heterocycles. The molecule has 2 aromatic heterocycles. The number of hydrogen-bond acceptors (Lipinski definition) is 3. The highest BCUT2D eigenvalue weighted by molar-refractivity contribution is 7.12. The van der Waals surface area contributed by atoms with E-state index in [1.807, 2.05) is 23.5 Å². The first-order valence-electron chi connectivity index (χ1n) is 7.30. The minimum atomic E-state index is 0.258. The van der Waals surface area contributed by atoms with Crippen LogP contribution in [0.25, 0.3) is 0 Å². The van der Waals surface area contributed by atoms with Gasteiger partial charge in [-0.05, 0) is 43.0 Å². The predicted octanol–water partition coefficient (Wildman–Crippen LogP) is 4.75. The number of nitrogens with one attached hydrogen (secondary N) is 1. The molecule has 2 aromatic rings. The third-order valence-corrected chi connectivity index (χ3v) is 4.94. The summed E-state index contributed by atoms with van der Waals surface area (Å²) in [5.74, 6) is 1.07. The molecular formula is C17H25NOS. The van der Waals surface area contributed by atoms with E-state index < -0.39 is 0 Å². The molecule has 0 aliphatic heterocycles. The lowest BCUT2D eigenvalue weighted by Crippen LogP contribution is -2.25. The average molecular weight is 291 g/mol. The van der Waals surface area contributed by atoms with Crippen LogP contribution < -0.4 is 5.32 Å². The number of rotatable bonds is 6. The lowest BCUT2D eigenvalue weighted by Gasteiger charge is -2.15. The molecule has 0 amide bonds. The molecule has 0 aliphatic rings. The van der Waals surface area contributed by atoms with Crippen molar-refractivity contribution in [1.29, 1.82) is 0 Å². The fourth-order valence-corrected chi connectivity index (χ4v) is 3.08. The number of furan rings is 1. The summed E-state index contributed by atoms with van der Waals surface area (Å²) in [6, 6.07) is 9.00. The van der Waals surface area contributed by atoms with Crippen LogP contribution in [0.5, 0.6) is 0 Å². The first-order valence-corrected chi connectivity index (χ1v) is 8.12. The Labute approximate surface area is 126 Å². The summed E-state index contributed by atoms with van der Waals surface area (Å²) in [5.41, 5.74) is 0.258. The van der Waals surface area contributed by atoms with Crippen molar-refractivity contribution < 1.29 is 4.42 Å². The summed E-state index contributed by atoms with van der Waals surface area (Å²) in [6.45, 7) is 9.99. The largest absolute Gasteiger partial charge is 0.469 e. The molecule has 20 heavy (non-hydrogen) atoms. The molecule has 0 fully saturated rings. The van der Waals surface area contributed by atoms with E-state index in [-0.39, 0.29) is 5.41 Å². The first kappa shape index (κ1) is 15.3. The van der Waals surface area contributed by atoms with Gasteiger partial charge in [-0.3, -0.25) is 0 Å². The Morgan fingerprint density at radius 3 is 2.65 bits per heavy atom. The van der Waals surface area contributed by atoms with E-state index in [4.69, 9.17) is 4.42 Å². The lowest BCUT2D eigenvalue weighted by molar-refractivity contribution is 0.461. The zero-order chi connectivity index (χ0) is 14.6. The van der Waals surface area contributed by atoms with E-state index >= 15 is 0 Å². The van der Waals surface area contributed by atoms with E-state index in [9.17, 15) is 0 Å². The Bertz CT molecular complexity index is 507. The van der Waals surface area contributed by atoms with Gasteiger partial charge in [0.1, 0.15) is 5.76 Å². The highest BCUT2D eigenvalue weighted by Gasteiger charge is 2.16. The molecule has 0 saturated heterocycles. The van der Waals surface area contributed by atoms with Crippen molar-refractivity contribution >= 4 is 11.3 Å². The monoisotopic (exact) mass is 291 g/mol. The SMILES string of the molecule is CC(CCc1ccco1)NCc1ccc(C(C)(C)C)s1. The van der Waals surface area contributed by atoms with Gasteiger partial charge in [0.05, 0.1) is 6.26 Å². The van der Waals surface area contributed by atoms with Gasteiger partial charge < -0.3 is 9.73 Å². The van der Waals surface area contributed by atoms with Crippen molar-refractivity contribution in [1.82, 2.24) is 5.32 Å². The molecule has 1 unspecified atom stereocenters. The highest BCUT2D eigenvalue weighted by Crippen LogP contribution is 2.29. The van der Waals surface area contributed by atoms with Crippen molar-refractivity contribution in [2.75, 3.05) is 0 Å². The van der Waals surface area contributed by atoms with Crippen LogP contribution in [-0.4, -0.2) is 6.04 Å². The summed E-state index contributed by atoms with van der Waals surface area (Å²) in [4.78, 5) is 2.87. The van der Waals surface area contributed by atoms with Crippen LogP contribution in [0.1, 0.15) is 49.6 Å². The second kappa shape index (κ2) is 6.59. The normalized spacial score (nSPS) is 13.6. The van der Waals surface area contributed by atoms with Gasteiger partial charge in [0.2, 0.25) is 0 Å². The number of hydrogen-bond donors (Lipinski definition) is 1. The van der Waals surface area contributed by atoms with Crippen molar-refractivity contribution in [3.05, 3.63) is 46.0 Å². The Kier molecular flexibility index (Phi) is 5.06. The molecule has 3 heteroatoms. The van der Waals surface area contributed by atoms with Crippen LogP contribution in [0.2, 0.25) is 0 Å². The van der Waals surface area contributed by atoms with Crippen LogP contribution in [0, 0.1) is 0 Å². The maximum absolute atomic E-state index is 5.36. The van der Waals surface area contributed by atoms with Crippen molar-refractivity contribution in [2.24, 2.45) is 0 Å². The molecule has 2 rings (SSSR count). The molecule has 1 N–H and O–H groups in total. The molecule has 1 atom stereocenters. The van der Waals surface area contributed by atoms with Gasteiger partial charge >= 0.3 is 0 Å². The fourth-order valence-electron chi connectivity index (χ4n) is 2.07. The second-order valence-electron chi connectivity index (χ2n) is 6.42. The Morgan fingerprint density at radius 2 is 2.05 bits per heavy atom. The summed E-state index contributed by atoms with van der Waals surface area (Å²) < 4.78 is 5.36. The Morgan fingerprint density at radius 1 is 1.25 bits per heavy atom. The van der Waals surface area contributed by atoms with Gasteiger partial charge in [-0.25, -0.2) is 0 Å². The molecule has 0 bridgehead atoms. The molecule has 110 valence electrons. The van der Waals surface area contributed by atoms with E-state index in [1.165, 1.54) is 9.75 Å². The summed E-state index contributed by atoms with van der Waals surface area (Å²) in [7, 11) is 0. The topological polar surface area (TPSA) is 25.2 Å². The Balaban J connectivity index is 1.75. The molecular weight excluding hydrogens is 266 g/mol. The number of aryl methyl sites for hydroxylation is 1. The summed E-state index contributed by atoms with van der Waals surface area (Å²) >= 11 is 1.92. The van der Waals surface area contributed by atoms with E-state index in [0.717, 1.165) is 25.1 Å². The van der Waals surface area contributed by atoms with Crippen LogP contribution in [0.15, 0.2) is 34.9 Å². The Hall–Kier alpha value is -1.06. The van der Waals surface area contributed by atoms with Gasteiger partial charge in [0, 0.05) is 28.8 Å². The zero-order valence-electron chi connectivity index (χ0n) is 12.9. The smallest absolute Gasteiger partial charge is 0.103 e. The molecule has 0 aromatic carbocycles. The maximum atomic E-state index is 5.36. The minimum absolute atomic E-state index is 0.258. The van der Waals surface area contributed by atoms with Crippen LogP contribution in [0.3, 0.4) is 0 Å². The van der Waals surface area contributed by atoms with Crippen molar-refractivity contribution in [2.45, 2.75) is 58.5 Å². The first-order chi connectivity index (χ1) is 9.45. The standard InChI is InChI=1S/C17H25NOS/c1-13(7-8-14-6-5-11-19-14)18-12-15-9-10-16(20-15)17(2,3)4/h5-6,9-11,13,18H,7-8,12H2,1-4H3. The summed E-state index contributed by atoms with van der Waals surface area (Å²) in [5, 5.41) is 3.59. The minimum Gasteiger partial charge on any atom is -0.469 e. The third-order valence-electron chi connectivity index (χ3n) is 3.43. The van der Waals surface area contributed by atoms with E-state index in [0.29, 0.717) is 6.04 Å². The summed E-state index contributed by atoms with van der Waals surface area (Å²) in [6.07, 6.45) is 3.84. The van der Waals surface area contributed by atoms with Gasteiger partial charge in [0.25, 0.3) is 0 Å². The fraction of sp³-hybridized carbons (Fsp3) is 0.529. The van der Waals surface area contributed by atoms with Gasteiger partial charge in [-0.1, -0.05) is 20.8 Å². The van der Waals surface area contributed by atoms with Crippen LogP contribution in [0.4, 0.5) is 0 Å². The van der Waals surface area contributed by atoms with Crippen molar-refractivity contribution in [3.8, 4) is 0 Å². The predicted molar refractivity (Wildman–Crippen MR) is 86.3 cm³/mol. The highest BCUT2D eigenvalue weighted by atomic mass is 32.1. The molecule has 0 aliphatic carbocycles. The molecule has 0 radical (unpaired) electrons. The molecule has 0 spiro atoms. The van der Waals surface area contributed by atoms with E-state index in [1.54, 1.807) is 6.26 Å². The van der Waals surface area contributed by atoms with Gasteiger partial charge in [-0.2, -0.15) is 0 Å². The van der Waals surface area contributed by atoms with Crippen LogP contribution >= 0.6 is 11.3 Å². The number of thiophene rings is 1. The molecule has 0 saturated carbocycles. The van der Waals surface area contributed by atoms with Crippen molar-refractivity contribution in [3.63, 3.8) is 0 Å². The third kappa shape index (κ3) is 4.50. The maximum Gasteiger partial charge on any atom is 0.103 e.